The van der Waals surface area contributed by atoms with E-state index in [2.05, 4.69) is 16.7 Å². The molecule has 2 amide bonds. The Balaban J connectivity index is 1.74. The first-order valence-corrected chi connectivity index (χ1v) is 8.24. The fourth-order valence-corrected chi connectivity index (χ4v) is 3.61. The lowest BCUT2D eigenvalue weighted by Crippen LogP contribution is -2.47. The molecule has 1 aliphatic rings. The van der Waals surface area contributed by atoms with Gasteiger partial charge in [-0.1, -0.05) is 12.5 Å². The zero-order chi connectivity index (χ0) is 15.2. The molecule has 3 atom stereocenters. The molecule has 1 aromatic heterocycles. The van der Waals surface area contributed by atoms with E-state index in [1.807, 2.05) is 18.4 Å². The molecule has 116 valence electrons. The maximum atomic E-state index is 12.0. The lowest BCUT2D eigenvalue weighted by Gasteiger charge is -2.28. The zero-order valence-electron chi connectivity index (χ0n) is 12.2. The van der Waals surface area contributed by atoms with Crippen LogP contribution in [-0.2, 0) is 11.2 Å². The smallest absolute Gasteiger partial charge is 0.315 e. The van der Waals surface area contributed by atoms with Gasteiger partial charge in [0.05, 0.1) is 5.92 Å². The van der Waals surface area contributed by atoms with E-state index in [0.717, 1.165) is 19.3 Å². The van der Waals surface area contributed by atoms with Crippen LogP contribution < -0.4 is 10.6 Å². The highest BCUT2D eigenvalue weighted by atomic mass is 32.1. The summed E-state index contributed by atoms with van der Waals surface area (Å²) >= 11 is 1.68. The molecule has 0 saturated heterocycles. The Hall–Kier alpha value is -1.56. The summed E-state index contributed by atoms with van der Waals surface area (Å²) < 4.78 is 0. The summed E-state index contributed by atoms with van der Waals surface area (Å²) in [6.07, 6.45) is 3.77. The minimum absolute atomic E-state index is 0.0335. The van der Waals surface area contributed by atoms with Gasteiger partial charge in [-0.25, -0.2) is 4.79 Å². The molecule has 0 radical (unpaired) electrons. The van der Waals surface area contributed by atoms with Crippen molar-refractivity contribution in [1.29, 1.82) is 0 Å². The molecule has 0 aliphatic heterocycles. The number of hydrogen-bond acceptors (Lipinski definition) is 3. The number of thiophene rings is 1. The zero-order valence-corrected chi connectivity index (χ0v) is 13.0. The van der Waals surface area contributed by atoms with Crippen molar-refractivity contribution in [3.63, 3.8) is 0 Å². The van der Waals surface area contributed by atoms with Gasteiger partial charge >= 0.3 is 12.0 Å². The summed E-state index contributed by atoms with van der Waals surface area (Å²) in [6.45, 7) is 1.97. The number of amides is 2. The minimum atomic E-state index is -0.757. The molecule has 0 aromatic carbocycles. The number of aliphatic carboxylic acids is 1. The van der Waals surface area contributed by atoms with Crippen LogP contribution in [0.15, 0.2) is 17.5 Å². The number of carbonyl (C=O) groups is 2. The predicted molar refractivity (Wildman–Crippen MR) is 82.5 cm³/mol. The number of hydrogen-bond donors (Lipinski definition) is 3. The van der Waals surface area contributed by atoms with Gasteiger partial charge in [-0.05, 0) is 37.6 Å². The Kier molecular flexibility index (Phi) is 5.61. The van der Waals surface area contributed by atoms with Gasteiger partial charge in [0, 0.05) is 23.4 Å². The molecule has 3 unspecified atom stereocenters. The Labute approximate surface area is 128 Å². The maximum Gasteiger partial charge on any atom is 0.315 e. The maximum absolute atomic E-state index is 12.0. The van der Waals surface area contributed by atoms with Crippen LogP contribution >= 0.6 is 11.3 Å². The first-order chi connectivity index (χ1) is 10.0. The molecule has 5 nitrogen and oxygen atoms in total. The van der Waals surface area contributed by atoms with Crippen LogP contribution in [0.5, 0.6) is 0 Å². The van der Waals surface area contributed by atoms with Crippen LogP contribution in [-0.4, -0.2) is 29.2 Å². The first-order valence-electron chi connectivity index (χ1n) is 7.37. The molecule has 0 spiro atoms. The molecule has 1 aliphatic carbocycles. The third-order valence-corrected chi connectivity index (χ3v) is 4.72. The highest BCUT2D eigenvalue weighted by Crippen LogP contribution is 2.24. The van der Waals surface area contributed by atoms with E-state index < -0.39 is 5.97 Å². The summed E-state index contributed by atoms with van der Waals surface area (Å²) in [5.41, 5.74) is 0. The number of rotatable bonds is 5. The van der Waals surface area contributed by atoms with Crippen molar-refractivity contribution < 1.29 is 14.7 Å². The molecule has 2 rings (SSSR count). The SMILES string of the molecule is CC(Cc1cccs1)NC(=O)NC1CCCC(C(=O)O)C1. The molecule has 3 N–H and O–H groups in total. The predicted octanol–water partition coefficient (Wildman–Crippen LogP) is 2.62. The first kappa shape index (κ1) is 15.8. The molecule has 1 aromatic rings. The lowest BCUT2D eigenvalue weighted by molar-refractivity contribution is -0.143. The summed E-state index contributed by atoms with van der Waals surface area (Å²) in [6, 6.07) is 3.88. The van der Waals surface area contributed by atoms with E-state index >= 15 is 0 Å². The van der Waals surface area contributed by atoms with Crippen molar-refractivity contribution in [3.8, 4) is 0 Å². The average Bonchev–Trinajstić information content (AvgIpc) is 2.91. The molecule has 1 heterocycles. The van der Waals surface area contributed by atoms with Gasteiger partial charge in [-0.3, -0.25) is 4.79 Å². The molecule has 1 saturated carbocycles. The molecular weight excluding hydrogens is 288 g/mol. The van der Waals surface area contributed by atoms with Gasteiger partial charge in [0.15, 0.2) is 0 Å². The van der Waals surface area contributed by atoms with Gasteiger partial charge in [-0.15, -0.1) is 11.3 Å². The second-order valence-electron chi connectivity index (χ2n) is 5.70. The number of carboxylic acid groups (broad SMARTS) is 1. The van der Waals surface area contributed by atoms with Crippen molar-refractivity contribution in [3.05, 3.63) is 22.4 Å². The van der Waals surface area contributed by atoms with Crippen LogP contribution in [0, 0.1) is 5.92 Å². The third kappa shape index (κ3) is 5.04. The van der Waals surface area contributed by atoms with E-state index in [1.165, 1.54) is 4.88 Å². The van der Waals surface area contributed by atoms with Gasteiger partial charge in [0.2, 0.25) is 0 Å². The second-order valence-corrected chi connectivity index (χ2v) is 6.73. The van der Waals surface area contributed by atoms with Crippen molar-refractivity contribution in [2.75, 3.05) is 0 Å². The molecule has 0 bridgehead atoms. The minimum Gasteiger partial charge on any atom is -0.481 e. The highest BCUT2D eigenvalue weighted by Gasteiger charge is 2.27. The quantitative estimate of drug-likeness (QED) is 0.782. The van der Waals surface area contributed by atoms with Gasteiger partial charge in [0.25, 0.3) is 0 Å². The van der Waals surface area contributed by atoms with E-state index in [4.69, 9.17) is 5.11 Å². The van der Waals surface area contributed by atoms with Crippen LogP contribution in [0.2, 0.25) is 0 Å². The molecule has 21 heavy (non-hydrogen) atoms. The van der Waals surface area contributed by atoms with E-state index in [9.17, 15) is 9.59 Å². The number of nitrogens with one attached hydrogen (secondary N) is 2. The lowest BCUT2D eigenvalue weighted by atomic mass is 9.86. The molecular formula is C15H22N2O3S. The number of urea groups is 1. The summed E-state index contributed by atoms with van der Waals surface area (Å²) in [5, 5.41) is 16.9. The Bertz CT molecular complexity index is 475. The number of carbonyl (C=O) groups excluding carboxylic acids is 1. The second kappa shape index (κ2) is 7.45. The van der Waals surface area contributed by atoms with Crippen molar-refractivity contribution in [2.45, 2.75) is 51.1 Å². The average molecular weight is 310 g/mol. The number of carboxylic acids is 1. The summed E-state index contributed by atoms with van der Waals surface area (Å²) in [5.74, 6) is -1.08. The van der Waals surface area contributed by atoms with Gasteiger partial charge < -0.3 is 15.7 Å². The van der Waals surface area contributed by atoms with Gasteiger partial charge in [-0.2, -0.15) is 0 Å². The molecule has 1 fully saturated rings. The van der Waals surface area contributed by atoms with E-state index in [-0.39, 0.29) is 24.0 Å². The normalized spacial score (nSPS) is 23.3. The molecule has 6 heteroatoms. The third-order valence-electron chi connectivity index (χ3n) is 3.82. The van der Waals surface area contributed by atoms with E-state index in [0.29, 0.717) is 12.8 Å². The summed E-state index contributed by atoms with van der Waals surface area (Å²) in [4.78, 5) is 24.2. The summed E-state index contributed by atoms with van der Waals surface area (Å²) in [7, 11) is 0. The van der Waals surface area contributed by atoms with Crippen LogP contribution in [0.1, 0.15) is 37.5 Å². The highest BCUT2D eigenvalue weighted by molar-refractivity contribution is 7.09. The van der Waals surface area contributed by atoms with Crippen LogP contribution in [0.4, 0.5) is 4.79 Å². The van der Waals surface area contributed by atoms with E-state index in [1.54, 1.807) is 11.3 Å². The Morgan fingerprint density at radius 2 is 2.29 bits per heavy atom. The Morgan fingerprint density at radius 1 is 1.48 bits per heavy atom. The largest absolute Gasteiger partial charge is 0.481 e. The fourth-order valence-electron chi connectivity index (χ4n) is 2.78. The van der Waals surface area contributed by atoms with Crippen LogP contribution in [0.25, 0.3) is 0 Å². The Morgan fingerprint density at radius 3 is 2.95 bits per heavy atom. The fraction of sp³-hybridized carbons (Fsp3) is 0.600. The standard InChI is InChI=1S/C15H22N2O3S/c1-10(8-13-6-3-7-21-13)16-15(20)17-12-5-2-4-11(9-12)14(18)19/h3,6-7,10-12H,2,4-5,8-9H2,1H3,(H,18,19)(H2,16,17,20). The monoisotopic (exact) mass is 310 g/mol. The topological polar surface area (TPSA) is 78.4 Å². The van der Waals surface area contributed by atoms with Crippen molar-refractivity contribution >= 4 is 23.3 Å². The van der Waals surface area contributed by atoms with Gasteiger partial charge in [0.1, 0.15) is 0 Å². The van der Waals surface area contributed by atoms with Crippen LogP contribution in [0.3, 0.4) is 0 Å². The van der Waals surface area contributed by atoms with Crippen molar-refractivity contribution in [2.24, 2.45) is 5.92 Å². The van der Waals surface area contributed by atoms with Crippen molar-refractivity contribution in [1.82, 2.24) is 10.6 Å².